The third kappa shape index (κ3) is 6.03. The van der Waals surface area contributed by atoms with Gasteiger partial charge in [-0.2, -0.15) is 0 Å². The highest BCUT2D eigenvalue weighted by molar-refractivity contribution is 6.19. The van der Waals surface area contributed by atoms with Gasteiger partial charge in [0, 0.05) is 23.1 Å². The quantitative estimate of drug-likeness (QED) is 0.0877. The van der Waals surface area contributed by atoms with Crippen LogP contribution in [-0.2, 0) is 30.2 Å². The molecular weight excluding hydrogens is 494 g/mol. The fourth-order valence-corrected chi connectivity index (χ4v) is 4.56. The Balaban J connectivity index is 2.03. The lowest BCUT2D eigenvalue weighted by Crippen LogP contribution is -2.28. The van der Waals surface area contributed by atoms with Gasteiger partial charge in [-0.1, -0.05) is 60.7 Å². The van der Waals surface area contributed by atoms with Gasteiger partial charge in [0.1, 0.15) is 11.2 Å². The smallest absolute Gasteiger partial charge is 0.419 e. The van der Waals surface area contributed by atoms with Crippen molar-refractivity contribution in [1.29, 1.82) is 0 Å². The van der Waals surface area contributed by atoms with Gasteiger partial charge in [-0.3, -0.25) is 0 Å². The van der Waals surface area contributed by atoms with E-state index in [1.807, 2.05) is 66.7 Å². The van der Waals surface area contributed by atoms with Crippen molar-refractivity contribution < 1.29 is 28.6 Å². The third-order valence-electron chi connectivity index (χ3n) is 6.11. The number of carbonyl (C=O) groups is 3. The number of rotatable bonds is 7. The molecule has 0 radical (unpaired) electrons. The molecule has 0 saturated carbocycles. The molecule has 4 aromatic rings. The van der Waals surface area contributed by atoms with Crippen molar-refractivity contribution in [3.8, 4) is 0 Å². The van der Waals surface area contributed by atoms with Gasteiger partial charge in [-0.15, -0.1) is 0 Å². The second-order valence-corrected chi connectivity index (χ2v) is 10.0. The monoisotopic (exact) mass is 527 g/mol. The molecule has 0 amide bonds. The first kappa shape index (κ1) is 27.6. The van der Waals surface area contributed by atoms with Crippen LogP contribution in [0, 0.1) is 0 Å². The number of hydrogen-bond donors (Lipinski definition) is 0. The predicted molar refractivity (Wildman–Crippen MR) is 152 cm³/mol. The van der Waals surface area contributed by atoms with Gasteiger partial charge < -0.3 is 14.2 Å². The summed E-state index contributed by atoms with van der Waals surface area (Å²) in [5, 5.41) is 2.78. The van der Waals surface area contributed by atoms with Crippen LogP contribution >= 0.6 is 0 Å². The molecule has 0 unspecified atom stereocenters. The van der Waals surface area contributed by atoms with Crippen LogP contribution in [0.4, 0.5) is 4.79 Å². The average molecular weight is 528 g/mol. The number of hydrogen-bond acceptors (Lipinski definition) is 6. The highest BCUT2D eigenvalue weighted by Gasteiger charge is 2.28. The van der Waals surface area contributed by atoms with Crippen LogP contribution in [0.1, 0.15) is 51.4 Å². The topological polar surface area (TPSA) is 83.8 Å². The lowest BCUT2D eigenvalue weighted by molar-refractivity contribution is -0.146. The fraction of sp³-hybridized carbons (Fsp3) is 0.281. The van der Waals surface area contributed by atoms with Gasteiger partial charge in [-0.25, -0.2) is 19.0 Å². The van der Waals surface area contributed by atoms with Crippen LogP contribution in [0.3, 0.4) is 0 Å². The van der Waals surface area contributed by atoms with Gasteiger partial charge in [0.05, 0.1) is 18.7 Å². The molecule has 202 valence electrons. The summed E-state index contributed by atoms with van der Waals surface area (Å²) in [6.45, 7) is 8.95. The van der Waals surface area contributed by atoms with Crippen molar-refractivity contribution in [3.05, 3.63) is 89.1 Å². The zero-order valence-electron chi connectivity index (χ0n) is 22.9. The SMILES string of the molecule is CCOC(=O)C(=Cc1c(Cc2cccc3ccccc23)n(C(=O)OC(C)(C)C)c2ccccc12)C(=O)OCC. The molecule has 39 heavy (non-hydrogen) atoms. The largest absolute Gasteiger partial charge is 0.462 e. The standard InChI is InChI=1S/C32H33NO6/c1-6-37-29(34)26(30(35)38-7-2)20-25-24-17-10-11-18-27(24)33(31(36)39-32(3,4)5)28(25)19-22-15-12-14-21-13-8-9-16-23(21)22/h8-18,20H,6-7,19H2,1-5H3. The van der Waals surface area contributed by atoms with E-state index in [2.05, 4.69) is 0 Å². The number of nitrogens with zero attached hydrogens (tertiary/aromatic N) is 1. The van der Waals surface area contributed by atoms with Crippen LogP contribution in [0.25, 0.3) is 27.8 Å². The molecule has 7 heteroatoms. The summed E-state index contributed by atoms with van der Waals surface area (Å²) in [7, 11) is 0. The van der Waals surface area contributed by atoms with Crippen LogP contribution in [0.2, 0.25) is 0 Å². The van der Waals surface area contributed by atoms with Crippen molar-refractivity contribution in [2.75, 3.05) is 13.2 Å². The summed E-state index contributed by atoms with van der Waals surface area (Å²) >= 11 is 0. The molecule has 0 bridgehead atoms. The van der Waals surface area contributed by atoms with Gasteiger partial charge in [-0.05, 0) is 63.1 Å². The Hall–Kier alpha value is -4.39. The number of carbonyl (C=O) groups excluding carboxylic acids is 3. The summed E-state index contributed by atoms with van der Waals surface area (Å²) in [5.74, 6) is -1.58. The normalized spacial score (nSPS) is 11.3. The van der Waals surface area contributed by atoms with Gasteiger partial charge in [0.25, 0.3) is 0 Å². The summed E-state index contributed by atoms with van der Waals surface area (Å²) in [4.78, 5) is 39.4. The highest BCUT2D eigenvalue weighted by atomic mass is 16.6. The molecule has 0 aliphatic carbocycles. The molecule has 0 saturated heterocycles. The van der Waals surface area contributed by atoms with E-state index in [-0.39, 0.29) is 18.8 Å². The number of benzene rings is 3. The Labute approximate surface area is 228 Å². The Bertz CT molecular complexity index is 1550. The van der Waals surface area contributed by atoms with Crippen LogP contribution in [-0.4, -0.2) is 41.4 Å². The van der Waals surface area contributed by atoms with Crippen molar-refractivity contribution in [2.45, 2.75) is 46.6 Å². The summed E-state index contributed by atoms with van der Waals surface area (Å²) in [5.41, 5.74) is 1.71. The van der Waals surface area contributed by atoms with Crippen molar-refractivity contribution in [1.82, 2.24) is 4.57 Å². The van der Waals surface area contributed by atoms with E-state index in [1.165, 1.54) is 10.6 Å². The molecule has 1 heterocycles. The minimum Gasteiger partial charge on any atom is -0.462 e. The molecular formula is C32H33NO6. The van der Waals surface area contributed by atoms with E-state index in [0.29, 0.717) is 28.6 Å². The molecule has 0 aliphatic heterocycles. The highest BCUT2D eigenvalue weighted by Crippen LogP contribution is 2.33. The first-order chi connectivity index (χ1) is 18.6. The molecule has 0 aliphatic rings. The molecule has 1 aromatic heterocycles. The first-order valence-corrected chi connectivity index (χ1v) is 13.0. The lowest BCUT2D eigenvalue weighted by atomic mass is 9.98. The van der Waals surface area contributed by atoms with Crippen molar-refractivity contribution >= 4 is 45.8 Å². The Morgan fingerprint density at radius 2 is 1.38 bits per heavy atom. The molecule has 0 spiro atoms. The maximum absolute atomic E-state index is 13.7. The number of ether oxygens (including phenoxy) is 3. The number of esters is 2. The maximum Gasteiger partial charge on any atom is 0.419 e. The summed E-state index contributed by atoms with van der Waals surface area (Å²) in [6.07, 6.45) is 1.25. The van der Waals surface area contributed by atoms with E-state index in [9.17, 15) is 14.4 Å². The van der Waals surface area contributed by atoms with Gasteiger partial charge in [0.15, 0.2) is 0 Å². The second kappa shape index (κ2) is 11.6. The molecule has 0 atom stereocenters. The van der Waals surface area contributed by atoms with E-state index >= 15 is 0 Å². The zero-order chi connectivity index (χ0) is 28.2. The maximum atomic E-state index is 13.7. The zero-order valence-corrected chi connectivity index (χ0v) is 22.9. The molecule has 0 N–H and O–H groups in total. The van der Waals surface area contributed by atoms with Gasteiger partial charge >= 0.3 is 18.0 Å². The fourth-order valence-electron chi connectivity index (χ4n) is 4.56. The number of fused-ring (bicyclic) bond motifs is 2. The van der Waals surface area contributed by atoms with Crippen molar-refractivity contribution in [3.63, 3.8) is 0 Å². The van der Waals surface area contributed by atoms with E-state index in [4.69, 9.17) is 14.2 Å². The molecule has 0 fully saturated rings. The van der Waals surface area contributed by atoms with Gasteiger partial charge in [0.2, 0.25) is 0 Å². The molecule has 3 aromatic carbocycles. The number of para-hydroxylation sites is 1. The Morgan fingerprint density at radius 3 is 2.03 bits per heavy atom. The minimum absolute atomic E-state index is 0.0953. The average Bonchev–Trinajstić information content (AvgIpc) is 3.19. The van der Waals surface area contributed by atoms with E-state index < -0.39 is 23.6 Å². The molecule has 4 rings (SSSR count). The Kier molecular flexibility index (Phi) is 8.19. The van der Waals surface area contributed by atoms with Crippen LogP contribution in [0.15, 0.2) is 72.3 Å². The van der Waals surface area contributed by atoms with E-state index in [0.717, 1.165) is 16.3 Å². The summed E-state index contributed by atoms with van der Waals surface area (Å²) < 4.78 is 17.7. The van der Waals surface area contributed by atoms with Crippen molar-refractivity contribution in [2.24, 2.45) is 0 Å². The Morgan fingerprint density at radius 1 is 0.795 bits per heavy atom. The minimum atomic E-state index is -0.791. The van der Waals surface area contributed by atoms with Crippen LogP contribution in [0.5, 0.6) is 0 Å². The lowest BCUT2D eigenvalue weighted by Gasteiger charge is -2.21. The second-order valence-electron chi connectivity index (χ2n) is 10.0. The number of aromatic nitrogens is 1. The first-order valence-electron chi connectivity index (χ1n) is 13.0. The summed E-state index contributed by atoms with van der Waals surface area (Å²) in [6, 6.07) is 21.3. The molecule has 7 nitrogen and oxygen atoms in total. The van der Waals surface area contributed by atoms with E-state index in [1.54, 1.807) is 34.6 Å². The van der Waals surface area contributed by atoms with Crippen LogP contribution < -0.4 is 0 Å². The predicted octanol–water partition coefficient (Wildman–Crippen LogP) is 6.68. The third-order valence-corrected chi connectivity index (χ3v) is 6.11.